The Morgan fingerprint density at radius 1 is 1.09 bits per heavy atom. The van der Waals surface area contributed by atoms with Crippen LogP contribution in [0.15, 0.2) is 55.1 Å². The van der Waals surface area contributed by atoms with Gasteiger partial charge >= 0.3 is 0 Å². The third-order valence-corrected chi connectivity index (χ3v) is 5.66. The standard InChI is InChI=1S/C24H25N7O2/c1-30(2)24-26-14-17(15-27-24)16-6-7-20-19(13-16)22(23(32)28-18-8-10-25-11-9-18)29-31(20)21-5-3-4-12-33-21/h6-11,13-15,21H,3-5,12H2,1-2H3,(H,25,28,32). The molecule has 3 aromatic heterocycles. The zero-order valence-corrected chi connectivity index (χ0v) is 18.6. The van der Waals surface area contributed by atoms with Crippen LogP contribution in [0.2, 0.25) is 0 Å². The molecule has 4 heterocycles. The van der Waals surface area contributed by atoms with Crippen LogP contribution in [0.25, 0.3) is 22.0 Å². The molecule has 1 saturated heterocycles. The van der Waals surface area contributed by atoms with Gasteiger partial charge in [-0.3, -0.25) is 9.78 Å². The van der Waals surface area contributed by atoms with Crippen molar-refractivity contribution in [1.29, 1.82) is 0 Å². The Labute approximate surface area is 191 Å². The summed E-state index contributed by atoms with van der Waals surface area (Å²) in [5.74, 6) is 0.358. The number of benzene rings is 1. The second-order valence-electron chi connectivity index (χ2n) is 8.20. The van der Waals surface area contributed by atoms with Crippen molar-refractivity contribution < 1.29 is 9.53 Å². The fourth-order valence-corrected chi connectivity index (χ4v) is 3.95. The minimum atomic E-state index is -0.280. The van der Waals surface area contributed by atoms with Crippen molar-refractivity contribution in [1.82, 2.24) is 24.7 Å². The number of nitrogens with one attached hydrogen (secondary N) is 1. The van der Waals surface area contributed by atoms with E-state index in [2.05, 4.69) is 20.3 Å². The maximum Gasteiger partial charge on any atom is 0.276 e. The molecule has 1 fully saturated rings. The summed E-state index contributed by atoms with van der Waals surface area (Å²) in [6.07, 6.45) is 9.64. The minimum absolute atomic E-state index is 0.183. The van der Waals surface area contributed by atoms with Crippen molar-refractivity contribution >= 4 is 28.4 Å². The Morgan fingerprint density at radius 2 is 1.88 bits per heavy atom. The van der Waals surface area contributed by atoms with Crippen LogP contribution >= 0.6 is 0 Å². The lowest BCUT2D eigenvalue weighted by atomic mass is 10.1. The molecule has 1 aliphatic heterocycles. The Kier molecular flexibility index (Phi) is 5.70. The molecule has 9 heteroatoms. The van der Waals surface area contributed by atoms with Gasteiger partial charge in [0.25, 0.3) is 5.91 Å². The Hall–Kier alpha value is -3.85. The third kappa shape index (κ3) is 4.27. The number of fused-ring (bicyclic) bond motifs is 1. The van der Waals surface area contributed by atoms with Crippen LogP contribution in [0.1, 0.15) is 36.0 Å². The SMILES string of the molecule is CN(C)c1ncc(-c2ccc3c(c2)c(C(=O)Nc2ccncc2)nn3C2CCCCO2)cn1. The first-order valence-electron chi connectivity index (χ1n) is 10.9. The van der Waals surface area contributed by atoms with Crippen molar-refractivity contribution in [3.8, 4) is 11.1 Å². The van der Waals surface area contributed by atoms with Gasteiger partial charge in [0.2, 0.25) is 5.95 Å². The van der Waals surface area contributed by atoms with Crippen LogP contribution < -0.4 is 10.2 Å². The van der Waals surface area contributed by atoms with Crippen molar-refractivity contribution in [2.75, 3.05) is 30.9 Å². The highest BCUT2D eigenvalue weighted by Gasteiger charge is 2.24. The summed E-state index contributed by atoms with van der Waals surface area (Å²) >= 11 is 0. The summed E-state index contributed by atoms with van der Waals surface area (Å²) in [6.45, 7) is 0.693. The van der Waals surface area contributed by atoms with Crippen LogP contribution in [-0.2, 0) is 4.74 Å². The molecule has 1 N–H and O–H groups in total. The Morgan fingerprint density at radius 3 is 2.58 bits per heavy atom. The molecule has 0 bridgehead atoms. The number of hydrogen-bond acceptors (Lipinski definition) is 7. The smallest absolute Gasteiger partial charge is 0.276 e. The Bertz CT molecular complexity index is 1260. The first kappa shape index (κ1) is 21.0. The predicted octanol–water partition coefficient (Wildman–Crippen LogP) is 3.91. The fraction of sp³-hybridized carbons (Fsp3) is 0.292. The summed E-state index contributed by atoms with van der Waals surface area (Å²) < 4.78 is 7.81. The number of rotatable bonds is 5. The number of anilines is 2. The van der Waals surface area contributed by atoms with Crippen molar-refractivity contribution in [2.45, 2.75) is 25.5 Å². The van der Waals surface area contributed by atoms with E-state index < -0.39 is 0 Å². The first-order chi connectivity index (χ1) is 16.1. The van der Waals surface area contributed by atoms with Crippen molar-refractivity contribution in [3.05, 3.63) is 60.8 Å². The number of amides is 1. The highest BCUT2D eigenvalue weighted by molar-refractivity contribution is 6.11. The van der Waals surface area contributed by atoms with Gasteiger partial charge in [0, 0.05) is 62.1 Å². The number of pyridine rings is 1. The minimum Gasteiger partial charge on any atom is -0.356 e. The van der Waals surface area contributed by atoms with Crippen molar-refractivity contribution in [3.63, 3.8) is 0 Å². The van der Waals surface area contributed by atoms with E-state index >= 15 is 0 Å². The lowest BCUT2D eigenvalue weighted by Gasteiger charge is -2.23. The van der Waals surface area contributed by atoms with Crippen LogP contribution in [0, 0.1) is 0 Å². The Balaban J connectivity index is 1.57. The topological polar surface area (TPSA) is 98.1 Å². The second kappa shape index (κ2) is 8.95. The van der Waals surface area contributed by atoms with Gasteiger partial charge in [-0.15, -0.1) is 0 Å². The van der Waals surface area contributed by atoms with E-state index in [1.807, 2.05) is 41.9 Å². The maximum atomic E-state index is 13.2. The quantitative estimate of drug-likeness (QED) is 0.499. The van der Waals surface area contributed by atoms with Gasteiger partial charge in [0.1, 0.15) is 0 Å². The molecule has 0 radical (unpaired) electrons. The zero-order chi connectivity index (χ0) is 22.8. The fourth-order valence-electron chi connectivity index (χ4n) is 3.95. The monoisotopic (exact) mass is 443 g/mol. The van der Waals surface area contributed by atoms with E-state index in [0.717, 1.165) is 41.3 Å². The number of carbonyl (C=O) groups excluding carboxylic acids is 1. The molecule has 9 nitrogen and oxygen atoms in total. The van der Waals surface area contributed by atoms with Gasteiger partial charge in [-0.05, 0) is 49.1 Å². The molecule has 1 amide bonds. The summed E-state index contributed by atoms with van der Waals surface area (Å²) in [5.41, 5.74) is 3.65. The van der Waals surface area contributed by atoms with Gasteiger partial charge in [-0.1, -0.05) is 6.07 Å². The molecule has 0 spiro atoms. The third-order valence-electron chi connectivity index (χ3n) is 5.66. The number of nitrogens with zero attached hydrogens (tertiary/aromatic N) is 6. The van der Waals surface area contributed by atoms with Gasteiger partial charge in [0.15, 0.2) is 11.9 Å². The van der Waals surface area contributed by atoms with Crippen LogP contribution in [0.4, 0.5) is 11.6 Å². The van der Waals surface area contributed by atoms with Crippen LogP contribution in [-0.4, -0.2) is 51.3 Å². The van der Waals surface area contributed by atoms with E-state index in [1.54, 1.807) is 36.9 Å². The van der Waals surface area contributed by atoms with Crippen LogP contribution in [0.3, 0.4) is 0 Å². The molecule has 1 aromatic carbocycles. The summed E-state index contributed by atoms with van der Waals surface area (Å²) in [5, 5.41) is 8.38. The molecule has 4 aromatic rings. The summed E-state index contributed by atoms with van der Waals surface area (Å²) in [7, 11) is 3.80. The van der Waals surface area contributed by atoms with Gasteiger partial charge in [-0.2, -0.15) is 5.10 Å². The van der Waals surface area contributed by atoms with Crippen molar-refractivity contribution in [2.24, 2.45) is 0 Å². The van der Waals surface area contributed by atoms with E-state index in [0.29, 0.717) is 23.9 Å². The normalized spacial score (nSPS) is 16.0. The molecule has 168 valence electrons. The highest BCUT2D eigenvalue weighted by Crippen LogP contribution is 2.31. The van der Waals surface area contributed by atoms with E-state index in [9.17, 15) is 4.79 Å². The van der Waals surface area contributed by atoms with Gasteiger partial charge in [-0.25, -0.2) is 14.6 Å². The maximum absolute atomic E-state index is 13.2. The van der Waals surface area contributed by atoms with Gasteiger partial charge in [0.05, 0.1) is 5.52 Å². The van der Waals surface area contributed by atoms with E-state index in [4.69, 9.17) is 9.84 Å². The molecule has 1 atom stereocenters. The molecule has 0 saturated carbocycles. The molecule has 0 aliphatic carbocycles. The number of hydrogen-bond donors (Lipinski definition) is 1. The molecule has 33 heavy (non-hydrogen) atoms. The zero-order valence-electron chi connectivity index (χ0n) is 18.6. The van der Waals surface area contributed by atoms with E-state index in [1.165, 1.54) is 0 Å². The predicted molar refractivity (Wildman–Crippen MR) is 126 cm³/mol. The van der Waals surface area contributed by atoms with Crippen LogP contribution in [0.5, 0.6) is 0 Å². The summed E-state index contributed by atoms with van der Waals surface area (Å²) in [6, 6.07) is 9.45. The largest absolute Gasteiger partial charge is 0.356 e. The summed E-state index contributed by atoms with van der Waals surface area (Å²) in [4.78, 5) is 27.9. The second-order valence-corrected chi connectivity index (χ2v) is 8.20. The number of ether oxygens (including phenoxy) is 1. The molecule has 1 unspecified atom stereocenters. The number of aromatic nitrogens is 5. The molecule has 1 aliphatic rings. The first-order valence-corrected chi connectivity index (χ1v) is 10.9. The molecular weight excluding hydrogens is 418 g/mol. The molecular formula is C24H25N7O2. The van der Waals surface area contributed by atoms with E-state index in [-0.39, 0.29) is 12.1 Å². The average Bonchev–Trinajstić information content (AvgIpc) is 3.24. The lowest BCUT2D eigenvalue weighted by molar-refractivity contribution is -0.0367. The molecule has 5 rings (SSSR count). The lowest BCUT2D eigenvalue weighted by Crippen LogP contribution is -2.20. The highest BCUT2D eigenvalue weighted by atomic mass is 16.5. The number of carbonyl (C=O) groups is 1. The van der Waals surface area contributed by atoms with Gasteiger partial charge < -0.3 is 15.0 Å². The average molecular weight is 444 g/mol.